The monoisotopic (exact) mass is 162 g/mol. The quantitative estimate of drug-likeness (QED) is 0.599. The zero-order valence-electron chi connectivity index (χ0n) is 6.89. The summed E-state index contributed by atoms with van der Waals surface area (Å²) in [7, 11) is 0. The van der Waals surface area contributed by atoms with Crippen LogP contribution >= 0.6 is 0 Å². The average Bonchev–Trinajstić information content (AvgIpc) is 2.09. The Hall–Kier alpha value is -1.37. The molecule has 62 valence electrons. The summed E-state index contributed by atoms with van der Waals surface area (Å²) in [4.78, 5) is 0. The molecule has 0 heterocycles. The van der Waals surface area contributed by atoms with Gasteiger partial charge in [-0.1, -0.05) is 30.9 Å². The molecule has 12 heavy (non-hydrogen) atoms. The lowest BCUT2D eigenvalue weighted by atomic mass is 10.1. The molecular weight excluding hydrogens is 151 g/mol. The van der Waals surface area contributed by atoms with E-state index in [-0.39, 0.29) is 5.82 Å². The molecule has 0 aliphatic carbocycles. The fraction of sp³-hybridized carbons (Fsp3) is 0.0909. The molecule has 0 aromatic heterocycles. The molecule has 0 unspecified atom stereocenters. The second kappa shape index (κ2) is 3.86. The van der Waals surface area contributed by atoms with Crippen LogP contribution in [0.4, 0.5) is 4.39 Å². The summed E-state index contributed by atoms with van der Waals surface area (Å²) in [6.45, 7) is 7.11. The van der Waals surface area contributed by atoms with Crippen LogP contribution in [0.1, 0.15) is 11.1 Å². The number of hydrogen-bond acceptors (Lipinski definition) is 0. The van der Waals surface area contributed by atoms with Gasteiger partial charge in [0.25, 0.3) is 0 Å². The summed E-state index contributed by atoms with van der Waals surface area (Å²) in [5.41, 5.74) is 1.48. The van der Waals surface area contributed by atoms with Crippen LogP contribution in [0.25, 0.3) is 6.08 Å². The second-order valence-electron chi connectivity index (χ2n) is 2.55. The zero-order valence-corrected chi connectivity index (χ0v) is 6.89. The maximum Gasteiger partial charge on any atom is 0.127 e. The van der Waals surface area contributed by atoms with Gasteiger partial charge in [0, 0.05) is 0 Å². The minimum atomic E-state index is -0.188. The third-order valence-electron chi connectivity index (χ3n) is 1.68. The summed E-state index contributed by atoms with van der Waals surface area (Å²) in [6.07, 6.45) is 3.88. The van der Waals surface area contributed by atoms with Gasteiger partial charge in [-0.25, -0.2) is 4.39 Å². The maximum atomic E-state index is 13.1. The third-order valence-corrected chi connectivity index (χ3v) is 1.68. The Kier molecular flexibility index (Phi) is 2.81. The molecule has 0 aliphatic rings. The highest BCUT2D eigenvalue weighted by Crippen LogP contribution is 2.11. The first kappa shape index (κ1) is 8.72. The van der Waals surface area contributed by atoms with Crippen molar-refractivity contribution in [3.8, 4) is 0 Å². The number of halogens is 1. The van der Waals surface area contributed by atoms with Crippen LogP contribution in [0, 0.1) is 5.82 Å². The molecule has 0 saturated heterocycles. The molecule has 0 saturated carbocycles. The van der Waals surface area contributed by atoms with Crippen molar-refractivity contribution in [2.24, 2.45) is 0 Å². The topological polar surface area (TPSA) is 0 Å². The van der Waals surface area contributed by atoms with Crippen molar-refractivity contribution in [2.45, 2.75) is 6.42 Å². The van der Waals surface area contributed by atoms with Crippen molar-refractivity contribution >= 4 is 6.08 Å². The van der Waals surface area contributed by atoms with Gasteiger partial charge in [-0.05, 0) is 23.6 Å². The van der Waals surface area contributed by atoms with E-state index in [9.17, 15) is 4.39 Å². The largest absolute Gasteiger partial charge is 0.207 e. The van der Waals surface area contributed by atoms with Crippen molar-refractivity contribution in [1.82, 2.24) is 0 Å². The molecular formula is C11H11F. The Morgan fingerprint density at radius 2 is 2.08 bits per heavy atom. The molecule has 0 bridgehead atoms. The summed E-state index contributed by atoms with van der Waals surface area (Å²) >= 11 is 0. The molecule has 0 aliphatic heterocycles. The Bertz CT molecular complexity index is 300. The van der Waals surface area contributed by atoms with Crippen LogP contribution < -0.4 is 0 Å². The maximum absolute atomic E-state index is 13.1. The molecule has 1 heteroatoms. The second-order valence-corrected chi connectivity index (χ2v) is 2.55. The summed E-state index contributed by atoms with van der Waals surface area (Å²) in [5, 5.41) is 0. The fourth-order valence-electron chi connectivity index (χ4n) is 1.01. The summed E-state index contributed by atoms with van der Waals surface area (Å²) in [6, 6.07) is 5.08. The van der Waals surface area contributed by atoms with Crippen molar-refractivity contribution in [2.75, 3.05) is 0 Å². The average molecular weight is 162 g/mol. The first-order valence-corrected chi connectivity index (χ1v) is 3.79. The molecule has 1 aromatic carbocycles. The van der Waals surface area contributed by atoms with Gasteiger partial charge < -0.3 is 0 Å². The van der Waals surface area contributed by atoms with Gasteiger partial charge in [0.2, 0.25) is 0 Å². The highest BCUT2D eigenvalue weighted by Gasteiger charge is 1.99. The number of rotatable bonds is 3. The molecule has 0 spiro atoms. The van der Waals surface area contributed by atoms with Gasteiger partial charge in [0.15, 0.2) is 0 Å². The molecule has 0 atom stereocenters. The highest BCUT2D eigenvalue weighted by molar-refractivity contribution is 5.47. The first-order valence-electron chi connectivity index (χ1n) is 3.79. The fourth-order valence-corrected chi connectivity index (χ4v) is 1.01. The van der Waals surface area contributed by atoms with Crippen LogP contribution in [-0.4, -0.2) is 0 Å². The van der Waals surface area contributed by atoms with E-state index in [1.165, 1.54) is 6.07 Å². The molecule has 1 aromatic rings. The van der Waals surface area contributed by atoms with Crippen LogP contribution in [0.2, 0.25) is 0 Å². The Labute approximate surface area is 72.0 Å². The standard InChI is InChI=1S/C11H11F/c1-3-5-10-7-6-9(4-2)8-11(10)12/h3-4,6-8H,1-2,5H2. The first-order chi connectivity index (χ1) is 5.77. The van der Waals surface area contributed by atoms with Gasteiger partial charge in [-0.3, -0.25) is 0 Å². The van der Waals surface area contributed by atoms with Crippen LogP contribution in [-0.2, 0) is 6.42 Å². The van der Waals surface area contributed by atoms with Gasteiger partial charge in [-0.2, -0.15) is 0 Å². The van der Waals surface area contributed by atoms with Crippen molar-refractivity contribution in [1.29, 1.82) is 0 Å². The van der Waals surface area contributed by atoms with E-state index in [1.54, 1.807) is 18.2 Å². The molecule has 0 fully saturated rings. The van der Waals surface area contributed by atoms with Crippen LogP contribution in [0.15, 0.2) is 37.4 Å². The lowest BCUT2D eigenvalue weighted by Crippen LogP contribution is -1.88. The smallest absolute Gasteiger partial charge is 0.127 e. The van der Waals surface area contributed by atoms with Crippen LogP contribution in [0.5, 0.6) is 0 Å². The van der Waals surface area contributed by atoms with Crippen molar-refractivity contribution in [3.05, 3.63) is 54.4 Å². The number of allylic oxidation sites excluding steroid dienone is 1. The van der Waals surface area contributed by atoms with E-state index in [1.807, 2.05) is 6.07 Å². The molecule has 0 radical (unpaired) electrons. The minimum Gasteiger partial charge on any atom is -0.207 e. The number of hydrogen-bond donors (Lipinski definition) is 0. The van der Waals surface area contributed by atoms with Gasteiger partial charge in [0.1, 0.15) is 5.82 Å². The Balaban J connectivity index is 3.02. The lowest BCUT2D eigenvalue weighted by molar-refractivity contribution is 0.614. The summed E-state index contributed by atoms with van der Waals surface area (Å²) in [5.74, 6) is -0.188. The van der Waals surface area contributed by atoms with Gasteiger partial charge in [-0.15, -0.1) is 6.58 Å². The van der Waals surface area contributed by atoms with Gasteiger partial charge >= 0.3 is 0 Å². The Morgan fingerprint density at radius 3 is 2.58 bits per heavy atom. The lowest BCUT2D eigenvalue weighted by Gasteiger charge is -1.99. The number of benzene rings is 1. The molecule has 0 amide bonds. The van der Waals surface area contributed by atoms with E-state index in [0.29, 0.717) is 12.0 Å². The third kappa shape index (κ3) is 1.82. The highest BCUT2D eigenvalue weighted by atomic mass is 19.1. The predicted molar refractivity (Wildman–Crippen MR) is 50.4 cm³/mol. The van der Waals surface area contributed by atoms with Crippen LogP contribution in [0.3, 0.4) is 0 Å². The van der Waals surface area contributed by atoms with Crippen molar-refractivity contribution < 1.29 is 4.39 Å². The van der Waals surface area contributed by atoms with Crippen molar-refractivity contribution in [3.63, 3.8) is 0 Å². The molecule has 0 nitrogen and oxygen atoms in total. The van der Waals surface area contributed by atoms with E-state index in [4.69, 9.17) is 0 Å². The zero-order chi connectivity index (χ0) is 8.97. The van der Waals surface area contributed by atoms with E-state index < -0.39 is 0 Å². The predicted octanol–water partition coefficient (Wildman–Crippen LogP) is 3.20. The minimum absolute atomic E-state index is 0.188. The molecule has 1 rings (SSSR count). The van der Waals surface area contributed by atoms with E-state index in [0.717, 1.165) is 5.56 Å². The van der Waals surface area contributed by atoms with E-state index >= 15 is 0 Å². The molecule has 0 N–H and O–H groups in total. The normalized spacial score (nSPS) is 9.42. The Morgan fingerprint density at radius 1 is 1.33 bits per heavy atom. The van der Waals surface area contributed by atoms with E-state index in [2.05, 4.69) is 13.2 Å². The van der Waals surface area contributed by atoms with Gasteiger partial charge in [0.05, 0.1) is 0 Å². The summed E-state index contributed by atoms with van der Waals surface area (Å²) < 4.78 is 13.1. The SMILES string of the molecule is C=CCc1ccc(C=C)cc1F.